The highest BCUT2D eigenvalue weighted by atomic mass is 35.5. The molecule has 3 rings (SSSR count). The Hall–Kier alpha value is -1.62. The van der Waals surface area contributed by atoms with Crippen molar-refractivity contribution in [1.29, 1.82) is 0 Å². The van der Waals surface area contributed by atoms with Crippen LogP contribution in [0.5, 0.6) is 0 Å². The number of nitrogens with one attached hydrogen (secondary N) is 1. The molecule has 1 N–H and O–H groups in total. The predicted octanol–water partition coefficient (Wildman–Crippen LogP) is 2.65. The van der Waals surface area contributed by atoms with Gasteiger partial charge in [0.1, 0.15) is 0 Å². The second kappa shape index (κ2) is 8.29. The topological polar surface area (TPSA) is 31.4 Å². The molecule has 122 valence electrons. The van der Waals surface area contributed by atoms with Crippen molar-refractivity contribution in [2.75, 3.05) is 44.2 Å². The van der Waals surface area contributed by atoms with E-state index in [1.807, 2.05) is 36.7 Å². The van der Waals surface area contributed by atoms with E-state index in [0.717, 1.165) is 50.8 Å². The first-order valence-electron chi connectivity index (χ1n) is 8.14. The molecule has 1 aromatic heterocycles. The molecule has 1 fully saturated rings. The minimum Gasteiger partial charge on any atom is -0.369 e. The third-order valence-corrected chi connectivity index (χ3v) is 4.44. The van der Waals surface area contributed by atoms with Crippen LogP contribution in [0.15, 0.2) is 48.8 Å². The number of halogens is 1. The summed E-state index contributed by atoms with van der Waals surface area (Å²) in [7, 11) is 0. The van der Waals surface area contributed by atoms with Crippen LogP contribution in [0.2, 0.25) is 5.02 Å². The van der Waals surface area contributed by atoms with E-state index in [1.165, 1.54) is 11.3 Å². The predicted molar refractivity (Wildman–Crippen MR) is 96.0 cm³/mol. The number of pyridine rings is 1. The summed E-state index contributed by atoms with van der Waals surface area (Å²) in [4.78, 5) is 9.05. The Morgan fingerprint density at radius 2 is 1.96 bits per heavy atom. The van der Waals surface area contributed by atoms with Crippen molar-refractivity contribution >= 4 is 17.3 Å². The van der Waals surface area contributed by atoms with E-state index in [4.69, 9.17) is 11.6 Å². The van der Waals surface area contributed by atoms with Gasteiger partial charge in [-0.2, -0.15) is 0 Å². The molecule has 0 atom stereocenters. The van der Waals surface area contributed by atoms with Crippen molar-refractivity contribution in [2.45, 2.75) is 6.54 Å². The van der Waals surface area contributed by atoms with Crippen LogP contribution in [-0.2, 0) is 6.54 Å². The Balaban J connectivity index is 1.36. The molecule has 23 heavy (non-hydrogen) atoms. The molecule has 0 unspecified atom stereocenters. The maximum Gasteiger partial charge on any atom is 0.0426 e. The summed E-state index contributed by atoms with van der Waals surface area (Å²) in [6.45, 7) is 7.29. The van der Waals surface area contributed by atoms with Gasteiger partial charge in [0, 0.05) is 68.9 Å². The molecule has 5 heteroatoms. The smallest absolute Gasteiger partial charge is 0.0426 e. The molecule has 2 aromatic rings. The number of aromatic nitrogens is 1. The summed E-state index contributed by atoms with van der Waals surface area (Å²) >= 11 is 6.08. The van der Waals surface area contributed by atoms with Crippen molar-refractivity contribution in [2.24, 2.45) is 0 Å². The summed E-state index contributed by atoms with van der Waals surface area (Å²) in [6.07, 6.45) is 3.72. The van der Waals surface area contributed by atoms with Gasteiger partial charge in [-0.1, -0.05) is 23.7 Å². The summed E-state index contributed by atoms with van der Waals surface area (Å²) in [5.74, 6) is 0. The highest BCUT2D eigenvalue weighted by Gasteiger charge is 2.16. The second-order valence-electron chi connectivity index (χ2n) is 5.85. The lowest BCUT2D eigenvalue weighted by atomic mass is 10.2. The Labute approximate surface area is 143 Å². The first kappa shape index (κ1) is 16.2. The van der Waals surface area contributed by atoms with Gasteiger partial charge < -0.3 is 10.2 Å². The first-order chi connectivity index (χ1) is 11.3. The minimum atomic E-state index is 0.810. The van der Waals surface area contributed by atoms with Crippen molar-refractivity contribution in [3.63, 3.8) is 0 Å². The molecule has 1 aromatic carbocycles. The molecule has 0 radical (unpaired) electrons. The molecule has 1 aliphatic rings. The zero-order chi connectivity index (χ0) is 15.9. The standard InChI is InChI=1S/C18H23ClN4/c19-17-4-1-5-18(13-17)23-11-9-22(10-12-23)8-7-21-15-16-3-2-6-20-14-16/h1-6,13-14,21H,7-12,15H2. The lowest BCUT2D eigenvalue weighted by Gasteiger charge is -2.36. The van der Waals surface area contributed by atoms with Crippen molar-refractivity contribution < 1.29 is 0 Å². The average Bonchev–Trinajstić information content (AvgIpc) is 2.60. The van der Waals surface area contributed by atoms with Gasteiger partial charge in [0.2, 0.25) is 0 Å². The molecular formula is C18H23ClN4. The number of benzene rings is 1. The molecule has 1 saturated heterocycles. The molecule has 0 saturated carbocycles. The Kier molecular flexibility index (Phi) is 5.86. The number of nitrogens with zero attached hydrogens (tertiary/aromatic N) is 3. The van der Waals surface area contributed by atoms with Gasteiger partial charge in [0.25, 0.3) is 0 Å². The molecule has 0 amide bonds. The second-order valence-corrected chi connectivity index (χ2v) is 6.28. The molecular weight excluding hydrogens is 308 g/mol. The third-order valence-electron chi connectivity index (χ3n) is 4.20. The van der Waals surface area contributed by atoms with Crippen LogP contribution in [0.25, 0.3) is 0 Å². The van der Waals surface area contributed by atoms with Gasteiger partial charge in [0.05, 0.1) is 0 Å². The van der Waals surface area contributed by atoms with E-state index in [1.54, 1.807) is 0 Å². The fraction of sp³-hybridized carbons (Fsp3) is 0.389. The normalized spacial score (nSPS) is 15.8. The van der Waals surface area contributed by atoms with Crippen LogP contribution >= 0.6 is 11.6 Å². The maximum absolute atomic E-state index is 6.08. The van der Waals surface area contributed by atoms with Gasteiger partial charge in [0.15, 0.2) is 0 Å². The largest absolute Gasteiger partial charge is 0.369 e. The molecule has 0 aliphatic carbocycles. The van der Waals surface area contributed by atoms with Gasteiger partial charge in [-0.05, 0) is 29.8 Å². The Morgan fingerprint density at radius 1 is 1.09 bits per heavy atom. The molecule has 4 nitrogen and oxygen atoms in total. The van der Waals surface area contributed by atoms with Gasteiger partial charge in [-0.15, -0.1) is 0 Å². The van der Waals surface area contributed by atoms with Crippen molar-refractivity contribution in [3.05, 3.63) is 59.4 Å². The molecule has 2 heterocycles. The van der Waals surface area contributed by atoms with Crippen molar-refractivity contribution in [1.82, 2.24) is 15.2 Å². The van der Waals surface area contributed by atoms with E-state index in [2.05, 4.69) is 32.2 Å². The van der Waals surface area contributed by atoms with E-state index in [0.29, 0.717) is 0 Å². The zero-order valence-corrected chi connectivity index (χ0v) is 14.0. The lowest BCUT2D eigenvalue weighted by Crippen LogP contribution is -2.48. The van der Waals surface area contributed by atoms with Crippen LogP contribution in [0.1, 0.15) is 5.56 Å². The van der Waals surface area contributed by atoms with E-state index in [9.17, 15) is 0 Å². The Morgan fingerprint density at radius 3 is 2.70 bits per heavy atom. The highest BCUT2D eigenvalue weighted by molar-refractivity contribution is 6.30. The molecule has 1 aliphatic heterocycles. The fourth-order valence-corrected chi connectivity index (χ4v) is 3.06. The summed E-state index contributed by atoms with van der Waals surface area (Å²) in [5.41, 5.74) is 2.46. The van der Waals surface area contributed by atoms with Gasteiger partial charge >= 0.3 is 0 Å². The van der Waals surface area contributed by atoms with Crippen LogP contribution in [0.3, 0.4) is 0 Å². The van der Waals surface area contributed by atoms with Crippen LogP contribution in [0, 0.1) is 0 Å². The van der Waals surface area contributed by atoms with Crippen LogP contribution in [0.4, 0.5) is 5.69 Å². The first-order valence-corrected chi connectivity index (χ1v) is 8.51. The monoisotopic (exact) mass is 330 g/mol. The summed E-state index contributed by atoms with van der Waals surface area (Å²) in [6, 6.07) is 12.2. The average molecular weight is 331 g/mol. The summed E-state index contributed by atoms with van der Waals surface area (Å²) < 4.78 is 0. The number of anilines is 1. The number of rotatable bonds is 6. The quantitative estimate of drug-likeness (QED) is 0.825. The minimum absolute atomic E-state index is 0.810. The number of piperazine rings is 1. The van der Waals surface area contributed by atoms with Gasteiger partial charge in [-0.25, -0.2) is 0 Å². The molecule has 0 bridgehead atoms. The van der Waals surface area contributed by atoms with Crippen LogP contribution < -0.4 is 10.2 Å². The SMILES string of the molecule is Clc1cccc(N2CCN(CCNCc3cccnc3)CC2)c1. The van der Waals surface area contributed by atoms with E-state index in [-0.39, 0.29) is 0 Å². The highest BCUT2D eigenvalue weighted by Crippen LogP contribution is 2.20. The van der Waals surface area contributed by atoms with Gasteiger partial charge in [-0.3, -0.25) is 9.88 Å². The van der Waals surface area contributed by atoms with E-state index >= 15 is 0 Å². The fourth-order valence-electron chi connectivity index (χ4n) is 2.88. The lowest BCUT2D eigenvalue weighted by molar-refractivity contribution is 0.257. The van der Waals surface area contributed by atoms with Crippen molar-refractivity contribution in [3.8, 4) is 0 Å². The third kappa shape index (κ3) is 4.93. The summed E-state index contributed by atoms with van der Waals surface area (Å²) in [5, 5.41) is 4.30. The number of hydrogen-bond donors (Lipinski definition) is 1. The van der Waals surface area contributed by atoms with Crippen LogP contribution in [-0.4, -0.2) is 49.2 Å². The zero-order valence-electron chi connectivity index (χ0n) is 13.3. The van der Waals surface area contributed by atoms with E-state index < -0.39 is 0 Å². The molecule has 0 spiro atoms. The number of hydrogen-bond acceptors (Lipinski definition) is 4. The Bertz CT molecular complexity index is 597. The maximum atomic E-state index is 6.08.